The summed E-state index contributed by atoms with van der Waals surface area (Å²) in [6.45, 7) is 4.87. The van der Waals surface area contributed by atoms with Gasteiger partial charge in [0, 0.05) is 0 Å². The summed E-state index contributed by atoms with van der Waals surface area (Å²) in [4.78, 5) is 0. The van der Waals surface area contributed by atoms with Gasteiger partial charge < -0.3 is 0 Å². The molecular weight excluding hydrogens is 91.1 g/mol. The molecule has 0 aromatic carbocycles. The highest BCUT2D eigenvalue weighted by Crippen LogP contribution is 1.90. The van der Waals surface area contributed by atoms with Gasteiger partial charge >= 0.3 is 0 Å². The molecular formula is C6H9F. The zero-order chi connectivity index (χ0) is 5.70. The Labute approximate surface area is 43.4 Å². The van der Waals surface area contributed by atoms with Crippen LogP contribution in [-0.4, -0.2) is 6.67 Å². The third kappa shape index (κ3) is 3.23. The van der Waals surface area contributed by atoms with Crippen LogP contribution in [0.15, 0.2) is 24.3 Å². The lowest BCUT2D eigenvalue weighted by Gasteiger charge is -1.81. The van der Waals surface area contributed by atoms with E-state index in [4.69, 9.17) is 0 Å². The molecule has 0 N–H and O–H groups in total. The highest BCUT2D eigenvalue weighted by molar-refractivity contribution is 5.12. The molecule has 0 aliphatic carbocycles. The highest BCUT2D eigenvalue weighted by Gasteiger charge is 1.73. The summed E-state index contributed by atoms with van der Waals surface area (Å²) in [6, 6.07) is 0. The van der Waals surface area contributed by atoms with Crippen LogP contribution < -0.4 is 0 Å². The Morgan fingerprint density at radius 1 is 1.86 bits per heavy atom. The van der Waals surface area contributed by atoms with Crippen molar-refractivity contribution in [2.75, 3.05) is 6.67 Å². The second-order valence-electron chi connectivity index (χ2n) is 1.31. The predicted octanol–water partition coefficient (Wildman–Crippen LogP) is 2.09. The van der Waals surface area contributed by atoms with Crippen molar-refractivity contribution in [3.8, 4) is 0 Å². The van der Waals surface area contributed by atoms with E-state index in [2.05, 4.69) is 6.58 Å². The Kier molecular flexibility index (Phi) is 3.29. The summed E-state index contributed by atoms with van der Waals surface area (Å²) in [5.41, 5.74) is 0.891. The van der Waals surface area contributed by atoms with Crippen LogP contribution in [0.4, 0.5) is 4.39 Å². The van der Waals surface area contributed by atoms with Crippen LogP contribution >= 0.6 is 0 Å². The molecule has 0 atom stereocenters. The number of hydrogen-bond acceptors (Lipinski definition) is 0. The average Bonchev–Trinajstić information content (AvgIpc) is 1.68. The lowest BCUT2D eigenvalue weighted by Crippen LogP contribution is -1.67. The van der Waals surface area contributed by atoms with Gasteiger partial charge in [0.1, 0.15) is 6.67 Å². The molecule has 0 unspecified atom stereocenters. The quantitative estimate of drug-likeness (QED) is 0.466. The normalized spacial score (nSPS) is 11.4. The lowest BCUT2D eigenvalue weighted by atomic mass is 10.3. The minimum absolute atomic E-state index is 0.391. The third-order valence-electron chi connectivity index (χ3n) is 0.721. The SMILES string of the molecule is C=C/C(C)=C\CF. The number of halogens is 1. The minimum Gasteiger partial charge on any atom is -0.247 e. The van der Waals surface area contributed by atoms with Crippen LogP contribution in [0, 0.1) is 0 Å². The van der Waals surface area contributed by atoms with E-state index < -0.39 is 6.67 Å². The third-order valence-corrected chi connectivity index (χ3v) is 0.721. The molecule has 0 radical (unpaired) electrons. The van der Waals surface area contributed by atoms with E-state index in [-0.39, 0.29) is 0 Å². The maximum absolute atomic E-state index is 11.3. The van der Waals surface area contributed by atoms with Crippen LogP contribution in [0.5, 0.6) is 0 Å². The van der Waals surface area contributed by atoms with Gasteiger partial charge in [0.15, 0.2) is 0 Å². The summed E-state index contributed by atoms with van der Waals surface area (Å²) in [5.74, 6) is 0. The van der Waals surface area contributed by atoms with E-state index in [0.29, 0.717) is 0 Å². The number of rotatable bonds is 2. The van der Waals surface area contributed by atoms with Crippen LogP contribution in [0.2, 0.25) is 0 Å². The Balaban J connectivity index is 3.49. The van der Waals surface area contributed by atoms with Gasteiger partial charge in [-0.05, 0) is 6.92 Å². The molecule has 0 aromatic rings. The van der Waals surface area contributed by atoms with Gasteiger partial charge in [-0.25, -0.2) is 4.39 Å². The minimum atomic E-state index is -0.391. The summed E-state index contributed by atoms with van der Waals surface area (Å²) in [5, 5.41) is 0. The molecule has 0 heterocycles. The number of allylic oxidation sites excluding steroid dienone is 3. The van der Waals surface area contributed by atoms with Crippen molar-refractivity contribution in [1.82, 2.24) is 0 Å². The van der Waals surface area contributed by atoms with E-state index >= 15 is 0 Å². The monoisotopic (exact) mass is 100 g/mol. The van der Waals surface area contributed by atoms with Gasteiger partial charge in [0.25, 0.3) is 0 Å². The van der Waals surface area contributed by atoms with Crippen LogP contribution in [0.3, 0.4) is 0 Å². The largest absolute Gasteiger partial charge is 0.247 e. The van der Waals surface area contributed by atoms with Gasteiger partial charge in [-0.15, -0.1) is 0 Å². The standard InChI is InChI=1S/C6H9F/c1-3-6(2)4-5-7/h3-4H,1,5H2,2H3/b6-4-. The Hall–Kier alpha value is -0.590. The summed E-state index contributed by atoms with van der Waals surface area (Å²) in [7, 11) is 0. The van der Waals surface area contributed by atoms with Crippen LogP contribution in [-0.2, 0) is 0 Å². The molecule has 0 spiro atoms. The first kappa shape index (κ1) is 6.41. The molecule has 7 heavy (non-hydrogen) atoms. The zero-order valence-electron chi connectivity index (χ0n) is 4.45. The van der Waals surface area contributed by atoms with E-state index in [1.165, 1.54) is 6.08 Å². The van der Waals surface area contributed by atoms with E-state index in [0.717, 1.165) is 5.57 Å². The van der Waals surface area contributed by atoms with Gasteiger partial charge in [-0.1, -0.05) is 24.3 Å². The molecule has 0 nitrogen and oxygen atoms in total. The number of alkyl halides is 1. The maximum Gasteiger partial charge on any atom is 0.108 e. The smallest absolute Gasteiger partial charge is 0.108 e. The Morgan fingerprint density at radius 3 is 2.57 bits per heavy atom. The van der Waals surface area contributed by atoms with Gasteiger partial charge in [-0.3, -0.25) is 0 Å². The molecule has 0 aliphatic rings. The molecule has 1 heteroatoms. The Morgan fingerprint density at radius 2 is 2.43 bits per heavy atom. The molecule has 0 fully saturated rings. The van der Waals surface area contributed by atoms with Crippen LogP contribution in [0.25, 0.3) is 0 Å². The predicted molar refractivity (Wildman–Crippen MR) is 29.9 cm³/mol. The highest BCUT2D eigenvalue weighted by atomic mass is 19.1. The first-order chi connectivity index (χ1) is 3.31. The molecule has 0 rings (SSSR count). The fourth-order valence-electron chi connectivity index (χ4n) is 0.205. The fourth-order valence-corrected chi connectivity index (χ4v) is 0.205. The van der Waals surface area contributed by atoms with Crippen LogP contribution in [0.1, 0.15) is 6.92 Å². The van der Waals surface area contributed by atoms with Crippen molar-refractivity contribution in [3.63, 3.8) is 0 Å². The average molecular weight is 100 g/mol. The van der Waals surface area contributed by atoms with Gasteiger partial charge in [-0.2, -0.15) is 0 Å². The van der Waals surface area contributed by atoms with Crippen molar-refractivity contribution in [3.05, 3.63) is 24.3 Å². The van der Waals surface area contributed by atoms with Crippen molar-refractivity contribution < 1.29 is 4.39 Å². The van der Waals surface area contributed by atoms with E-state index in [1.807, 2.05) is 6.92 Å². The van der Waals surface area contributed by atoms with E-state index in [9.17, 15) is 4.39 Å². The maximum atomic E-state index is 11.3. The molecule has 0 aliphatic heterocycles. The summed E-state index contributed by atoms with van der Waals surface area (Å²) < 4.78 is 11.3. The summed E-state index contributed by atoms with van der Waals surface area (Å²) in [6.07, 6.45) is 3.10. The first-order valence-corrected chi connectivity index (χ1v) is 2.16. The second kappa shape index (κ2) is 3.59. The molecule has 0 saturated heterocycles. The lowest BCUT2D eigenvalue weighted by molar-refractivity contribution is 0.560. The first-order valence-electron chi connectivity index (χ1n) is 2.16. The number of hydrogen-bond donors (Lipinski definition) is 0. The second-order valence-corrected chi connectivity index (χ2v) is 1.31. The Bertz CT molecular complexity index is 82.2. The van der Waals surface area contributed by atoms with Gasteiger partial charge in [0.05, 0.1) is 0 Å². The van der Waals surface area contributed by atoms with Gasteiger partial charge in [0.2, 0.25) is 0 Å². The fraction of sp³-hybridized carbons (Fsp3) is 0.333. The summed E-state index contributed by atoms with van der Waals surface area (Å²) >= 11 is 0. The zero-order valence-corrected chi connectivity index (χ0v) is 4.45. The molecule has 0 amide bonds. The van der Waals surface area contributed by atoms with E-state index in [1.54, 1.807) is 6.08 Å². The van der Waals surface area contributed by atoms with Crippen molar-refractivity contribution in [1.29, 1.82) is 0 Å². The molecule has 40 valence electrons. The van der Waals surface area contributed by atoms with Crippen molar-refractivity contribution in [2.45, 2.75) is 6.92 Å². The van der Waals surface area contributed by atoms with Crippen molar-refractivity contribution >= 4 is 0 Å². The topological polar surface area (TPSA) is 0 Å². The molecule has 0 bridgehead atoms. The molecule has 0 aromatic heterocycles. The molecule has 0 saturated carbocycles. The van der Waals surface area contributed by atoms with Crippen molar-refractivity contribution in [2.24, 2.45) is 0 Å².